The van der Waals surface area contributed by atoms with Crippen molar-refractivity contribution >= 4 is 29.1 Å². The predicted molar refractivity (Wildman–Crippen MR) is 75.2 cm³/mol. The van der Waals surface area contributed by atoms with Gasteiger partial charge in [0.2, 0.25) is 0 Å². The summed E-state index contributed by atoms with van der Waals surface area (Å²) in [5.74, 6) is 0.245. The molecule has 0 bridgehead atoms. The summed E-state index contributed by atoms with van der Waals surface area (Å²) in [4.78, 5) is 15.8. The number of hydrogen-bond donors (Lipinski definition) is 1. The smallest absolute Gasteiger partial charge is 0.254 e. The number of hydrogen-bond acceptors (Lipinski definition) is 2. The van der Waals surface area contributed by atoms with Gasteiger partial charge in [-0.3, -0.25) is 4.79 Å². The summed E-state index contributed by atoms with van der Waals surface area (Å²) in [5.41, 5.74) is 0.378. The monoisotopic (exact) mass is 288 g/mol. The van der Waals surface area contributed by atoms with Crippen molar-refractivity contribution in [1.82, 2.24) is 10.3 Å². The number of amides is 1. The van der Waals surface area contributed by atoms with Gasteiger partial charge in [0.1, 0.15) is 10.3 Å². The van der Waals surface area contributed by atoms with Crippen LogP contribution in [0.4, 0.5) is 0 Å². The van der Waals surface area contributed by atoms with Crippen LogP contribution in [0.15, 0.2) is 12.1 Å². The lowest BCUT2D eigenvalue weighted by Crippen LogP contribution is -2.37. The molecule has 3 nitrogen and oxygen atoms in total. The summed E-state index contributed by atoms with van der Waals surface area (Å²) in [7, 11) is 0. The van der Waals surface area contributed by atoms with Crippen LogP contribution >= 0.6 is 23.2 Å². The fourth-order valence-corrected chi connectivity index (χ4v) is 1.62. The number of aromatic nitrogens is 1. The molecule has 0 radical (unpaired) electrons. The van der Waals surface area contributed by atoms with Crippen LogP contribution in [0.3, 0.4) is 0 Å². The van der Waals surface area contributed by atoms with Crippen LogP contribution in [0, 0.1) is 11.3 Å². The Hall–Kier alpha value is -0.800. The molecule has 0 atom stereocenters. The molecule has 18 heavy (non-hydrogen) atoms. The molecule has 0 fully saturated rings. The molecule has 100 valence electrons. The number of pyridine rings is 1. The second-order valence-electron chi connectivity index (χ2n) is 5.30. The average molecular weight is 289 g/mol. The zero-order valence-electron chi connectivity index (χ0n) is 11.1. The molecular formula is C13H18Cl2N2O. The van der Waals surface area contributed by atoms with Gasteiger partial charge < -0.3 is 5.32 Å². The molecule has 0 aliphatic carbocycles. The second kappa shape index (κ2) is 5.89. The van der Waals surface area contributed by atoms with Crippen molar-refractivity contribution < 1.29 is 4.79 Å². The molecule has 1 amide bonds. The first-order valence-corrected chi connectivity index (χ1v) is 6.60. The fraction of sp³-hybridized carbons (Fsp3) is 0.538. The van der Waals surface area contributed by atoms with Crippen LogP contribution in [-0.4, -0.2) is 17.4 Å². The highest BCUT2D eigenvalue weighted by Gasteiger charge is 2.23. The van der Waals surface area contributed by atoms with E-state index in [0.29, 0.717) is 18.0 Å². The standard InChI is InChI=1S/C13H18Cl2N2O/c1-8(2)13(3,4)7-16-12(18)9-5-6-10(14)17-11(9)15/h5-6,8H,7H2,1-4H3,(H,16,18). The lowest BCUT2D eigenvalue weighted by Gasteiger charge is -2.29. The third kappa shape index (κ3) is 3.85. The first-order chi connectivity index (χ1) is 8.24. The Morgan fingerprint density at radius 3 is 2.50 bits per heavy atom. The van der Waals surface area contributed by atoms with Gasteiger partial charge in [0.15, 0.2) is 0 Å². The molecule has 1 aromatic heterocycles. The van der Waals surface area contributed by atoms with Crippen molar-refractivity contribution in [2.75, 3.05) is 6.54 Å². The van der Waals surface area contributed by atoms with E-state index in [4.69, 9.17) is 23.2 Å². The topological polar surface area (TPSA) is 42.0 Å². The molecule has 1 heterocycles. The van der Waals surface area contributed by atoms with Crippen LogP contribution in [0.5, 0.6) is 0 Å². The second-order valence-corrected chi connectivity index (χ2v) is 6.04. The minimum atomic E-state index is -0.224. The van der Waals surface area contributed by atoms with Crippen molar-refractivity contribution in [3.63, 3.8) is 0 Å². The number of carbonyl (C=O) groups excluding carboxylic acids is 1. The van der Waals surface area contributed by atoms with Crippen molar-refractivity contribution in [3.05, 3.63) is 28.0 Å². The lowest BCUT2D eigenvalue weighted by atomic mass is 9.81. The molecule has 1 N–H and O–H groups in total. The van der Waals surface area contributed by atoms with Crippen LogP contribution in [0.1, 0.15) is 38.1 Å². The van der Waals surface area contributed by atoms with Gasteiger partial charge in [-0.15, -0.1) is 0 Å². The molecule has 0 saturated carbocycles. The molecule has 0 spiro atoms. The molecule has 1 aromatic rings. The van der Waals surface area contributed by atoms with Crippen LogP contribution in [0.2, 0.25) is 10.3 Å². The number of rotatable bonds is 4. The van der Waals surface area contributed by atoms with E-state index in [9.17, 15) is 4.79 Å². The maximum atomic E-state index is 12.0. The summed E-state index contributed by atoms with van der Waals surface area (Å²) >= 11 is 11.6. The van der Waals surface area contributed by atoms with Crippen LogP contribution in [0.25, 0.3) is 0 Å². The zero-order valence-corrected chi connectivity index (χ0v) is 12.6. The molecule has 5 heteroatoms. The number of halogens is 2. The number of nitrogens with zero attached hydrogens (tertiary/aromatic N) is 1. The van der Waals surface area contributed by atoms with Gasteiger partial charge in [-0.1, -0.05) is 50.9 Å². The highest BCUT2D eigenvalue weighted by atomic mass is 35.5. The number of nitrogens with one attached hydrogen (secondary N) is 1. The molecular weight excluding hydrogens is 271 g/mol. The Morgan fingerprint density at radius 1 is 1.39 bits per heavy atom. The van der Waals surface area contributed by atoms with Gasteiger partial charge in [-0.05, 0) is 23.5 Å². The summed E-state index contributed by atoms with van der Waals surface area (Å²) in [6.45, 7) is 9.06. The SMILES string of the molecule is CC(C)C(C)(C)CNC(=O)c1ccc(Cl)nc1Cl. The van der Waals surface area contributed by atoms with Gasteiger partial charge in [-0.2, -0.15) is 0 Å². The van der Waals surface area contributed by atoms with E-state index in [2.05, 4.69) is 38.0 Å². The third-order valence-electron chi connectivity index (χ3n) is 3.33. The lowest BCUT2D eigenvalue weighted by molar-refractivity contribution is 0.0924. The maximum absolute atomic E-state index is 12.0. The minimum absolute atomic E-state index is 0.0298. The van der Waals surface area contributed by atoms with Gasteiger partial charge in [-0.25, -0.2) is 4.98 Å². The Balaban J connectivity index is 2.72. The van der Waals surface area contributed by atoms with E-state index in [1.54, 1.807) is 12.1 Å². The average Bonchev–Trinajstić information content (AvgIpc) is 2.25. The van der Waals surface area contributed by atoms with Gasteiger partial charge in [0.05, 0.1) is 5.56 Å². The molecule has 0 aliphatic heterocycles. The molecule has 0 aliphatic rings. The first-order valence-electron chi connectivity index (χ1n) is 5.84. The van der Waals surface area contributed by atoms with Gasteiger partial charge >= 0.3 is 0 Å². The van der Waals surface area contributed by atoms with Crippen molar-refractivity contribution in [3.8, 4) is 0 Å². The van der Waals surface area contributed by atoms with Crippen LogP contribution < -0.4 is 5.32 Å². The van der Waals surface area contributed by atoms with Gasteiger partial charge in [0, 0.05) is 6.54 Å². The Morgan fingerprint density at radius 2 is 2.00 bits per heavy atom. The highest BCUT2D eigenvalue weighted by molar-refractivity contribution is 6.34. The largest absolute Gasteiger partial charge is 0.351 e. The molecule has 1 rings (SSSR count). The van der Waals surface area contributed by atoms with E-state index in [1.807, 2.05) is 0 Å². The highest BCUT2D eigenvalue weighted by Crippen LogP contribution is 2.25. The Labute approximate surface area is 118 Å². The summed E-state index contributed by atoms with van der Waals surface area (Å²) in [6.07, 6.45) is 0. The predicted octanol–water partition coefficient (Wildman–Crippen LogP) is 3.80. The fourth-order valence-electron chi connectivity index (χ4n) is 1.19. The molecule has 0 saturated heterocycles. The van der Waals surface area contributed by atoms with Crippen molar-refractivity contribution in [2.24, 2.45) is 11.3 Å². The van der Waals surface area contributed by atoms with Gasteiger partial charge in [0.25, 0.3) is 5.91 Å². The third-order valence-corrected chi connectivity index (χ3v) is 3.83. The maximum Gasteiger partial charge on any atom is 0.254 e. The zero-order chi connectivity index (χ0) is 13.9. The minimum Gasteiger partial charge on any atom is -0.351 e. The summed E-state index contributed by atoms with van der Waals surface area (Å²) in [5, 5.41) is 3.28. The Bertz CT molecular complexity index is 445. The van der Waals surface area contributed by atoms with E-state index in [1.165, 1.54) is 0 Å². The van der Waals surface area contributed by atoms with E-state index in [0.717, 1.165) is 0 Å². The summed E-state index contributed by atoms with van der Waals surface area (Å²) < 4.78 is 0. The van der Waals surface area contributed by atoms with Crippen molar-refractivity contribution in [1.29, 1.82) is 0 Å². The van der Waals surface area contributed by atoms with Crippen molar-refractivity contribution in [2.45, 2.75) is 27.7 Å². The summed E-state index contributed by atoms with van der Waals surface area (Å²) in [6, 6.07) is 3.13. The first kappa shape index (κ1) is 15.3. The van der Waals surface area contributed by atoms with E-state index >= 15 is 0 Å². The van der Waals surface area contributed by atoms with Crippen LogP contribution in [-0.2, 0) is 0 Å². The Kier molecular flexibility index (Phi) is 5.00. The normalized spacial score (nSPS) is 11.7. The van der Waals surface area contributed by atoms with E-state index in [-0.39, 0.29) is 21.6 Å². The molecule has 0 unspecified atom stereocenters. The number of carbonyl (C=O) groups is 1. The molecule has 0 aromatic carbocycles. The van der Waals surface area contributed by atoms with E-state index < -0.39 is 0 Å². The quantitative estimate of drug-likeness (QED) is 0.857.